The van der Waals surface area contributed by atoms with Gasteiger partial charge in [0.1, 0.15) is 6.29 Å². The lowest BCUT2D eigenvalue weighted by Crippen LogP contribution is -2.42. The Morgan fingerprint density at radius 2 is 1.88 bits per heavy atom. The van der Waals surface area contributed by atoms with Crippen LogP contribution in [-0.4, -0.2) is 35.4 Å². The maximum Gasteiger partial charge on any atom is 0.127 e. The molecule has 3 atom stereocenters. The number of carbonyl (C=O) groups is 1. The SMILES string of the molecule is CCC1Cc2c(c3ccccc3n2CC)C(C=O)C1CN1CCCCC1. The molecular weight excluding hydrogens is 320 g/mol. The highest BCUT2D eigenvalue weighted by Gasteiger charge is 2.39. The lowest BCUT2D eigenvalue weighted by Gasteiger charge is -2.40. The summed E-state index contributed by atoms with van der Waals surface area (Å²) in [6, 6.07) is 8.69. The van der Waals surface area contributed by atoms with Crippen LogP contribution in [-0.2, 0) is 17.8 Å². The quantitative estimate of drug-likeness (QED) is 0.733. The minimum absolute atomic E-state index is 0.0447. The number of aromatic nitrogens is 1. The van der Waals surface area contributed by atoms with Gasteiger partial charge in [0.25, 0.3) is 0 Å². The molecular formula is C23H32N2O. The minimum Gasteiger partial charge on any atom is -0.345 e. The van der Waals surface area contributed by atoms with Crippen LogP contribution in [0.4, 0.5) is 0 Å². The second-order valence-electron chi connectivity index (χ2n) is 8.18. The Balaban J connectivity index is 1.78. The molecule has 0 radical (unpaired) electrons. The Bertz CT molecular complexity index is 772. The lowest BCUT2D eigenvalue weighted by atomic mass is 9.69. The number of aldehydes is 1. The van der Waals surface area contributed by atoms with Gasteiger partial charge in [-0.2, -0.15) is 0 Å². The molecule has 0 amide bonds. The summed E-state index contributed by atoms with van der Waals surface area (Å²) >= 11 is 0. The van der Waals surface area contributed by atoms with E-state index in [0.717, 1.165) is 25.9 Å². The summed E-state index contributed by atoms with van der Waals surface area (Å²) < 4.78 is 2.46. The summed E-state index contributed by atoms with van der Waals surface area (Å²) in [7, 11) is 0. The Labute approximate surface area is 157 Å². The highest BCUT2D eigenvalue weighted by atomic mass is 16.1. The van der Waals surface area contributed by atoms with Gasteiger partial charge in [0.05, 0.1) is 0 Å². The van der Waals surface area contributed by atoms with E-state index < -0.39 is 0 Å². The Hall–Kier alpha value is -1.61. The van der Waals surface area contributed by atoms with Gasteiger partial charge in [-0.25, -0.2) is 0 Å². The van der Waals surface area contributed by atoms with Crippen molar-refractivity contribution >= 4 is 17.2 Å². The molecule has 0 saturated carbocycles. The molecule has 3 unspecified atom stereocenters. The van der Waals surface area contributed by atoms with Crippen molar-refractivity contribution < 1.29 is 4.79 Å². The van der Waals surface area contributed by atoms with Crippen LogP contribution in [0.25, 0.3) is 10.9 Å². The highest BCUT2D eigenvalue weighted by molar-refractivity contribution is 5.89. The van der Waals surface area contributed by atoms with Gasteiger partial charge in [0.15, 0.2) is 0 Å². The monoisotopic (exact) mass is 352 g/mol. The van der Waals surface area contributed by atoms with Gasteiger partial charge in [-0.15, -0.1) is 0 Å². The van der Waals surface area contributed by atoms with Crippen molar-refractivity contribution in [2.75, 3.05) is 19.6 Å². The van der Waals surface area contributed by atoms with Crippen molar-refractivity contribution in [3.8, 4) is 0 Å². The van der Waals surface area contributed by atoms with Crippen molar-refractivity contribution in [3.05, 3.63) is 35.5 Å². The number of aryl methyl sites for hydroxylation is 1. The van der Waals surface area contributed by atoms with Crippen molar-refractivity contribution in [3.63, 3.8) is 0 Å². The van der Waals surface area contributed by atoms with Gasteiger partial charge in [-0.1, -0.05) is 38.0 Å². The third-order valence-corrected chi connectivity index (χ3v) is 6.88. The standard InChI is InChI=1S/C23H32N2O/c1-3-17-14-22-23(18-10-6-7-11-21(18)25(22)4-2)20(16-26)19(17)15-24-12-8-5-9-13-24/h6-7,10-11,16-17,19-20H,3-5,8-9,12-15H2,1-2H3. The van der Waals surface area contributed by atoms with Crippen LogP contribution in [0.2, 0.25) is 0 Å². The summed E-state index contributed by atoms with van der Waals surface area (Å²) in [5, 5.41) is 1.31. The van der Waals surface area contributed by atoms with Crippen LogP contribution < -0.4 is 0 Å². The molecule has 1 aromatic carbocycles. The number of carbonyl (C=O) groups excluding carboxylic acids is 1. The van der Waals surface area contributed by atoms with Crippen molar-refractivity contribution in [2.24, 2.45) is 11.8 Å². The maximum absolute atomic E-state index is 12.3. The van der Waals surface area contributed by atoms with Crippen LogP contribution in [0.1, 0.15) is 56.7 Å². The molecule has 1 aromatic heterocycles. The molecule has 1 aliphatic carbocycles. The zero-order valence-corrected chi connectivity index (χ0v) is 16.3. The van der Waals surface area contributed by atoms with E-state index in [4.69, 9.17) is 0 Å². The van der Waals surface area contributed by atoms with Gasteiger partial charge < -0.3 is 14.3 Å². The molecule has 0 spiro atoms. The predicted octanol–water partition coefficient (Wildman–Crippen LogP) is 4.63. The Kier molecular flexibility index (Phi) is 5.17. The number of para-hydroxylation sites is 1. The van der Waals surface area contributed by atoms with E-state index in [9.17, 15) is 4.79 Å². The summed E-state index contributed by atoms with van der Waals surface area (Å²) in [4.78, 5) is 15.0. The normalized spacial score (nSPS) is 26.8. The number of benzene rings is 1. The molecule has 2 heterocycles. The number of rotatable bonds is 5. The molecule has 3 nitrogen and oxygen atoms in total. The molecule has 2 aliphatic rings. The van der Waals surface area contributed by atoms with E-state index in [2.05, 4.69) is 47.6 Å². The van der Waals surface area contributed by atoms with Gasteiger partial charge in [-0.3, -0.25) is 0 Å². The number of hydrogen-bond donors (Lipinski definition) is 0. The molecule has 2 aromatic rings. The lowest BCUT2D eigenvalue weighted by molar-refractivity contribution is -0.111. The van der Waals surface area contributed by atoms with Crippen molar-refractivity contribution in [1.29, 1.82) is 0 Å². The first-order valence-corrected chi connectivity index (χ1v) is 10.6. The molecule has 3 heteroatoms. The summed E-state index contributed by atoms with van der Waals surface area (Å²) in [6.07, 6.45) is 7.54. The Morgan fingerprint density at radius 3 is 2.58 bits per heavy atom. The third-order valence-electron chi connectivity index (χ3n) is 6.88. The van der Waals surface area contributed by atoms with E-state index >= 15 is 0 Å². The van der Waals surface area contributed by atoms with E-state index in [-0.39, 0.29) is 5.92 Å². The smallest absolute Gasteiger partial charge is 0.127 e. The van der Waals surface area contributed by atoms with E-state index in [1.807, 2.05) is 0 Å². The van der Waals surface area contributed by atoms with Crippen LogP contribution >= 0.6 is 0 Å². The fourth-order valence-electron chi connectivity index (χ4n) is 5.56. The molecule has 140 valence electrons. The second-order valence-corrected chi connectivity index (χ2v) is 8.18. The first-order valence-electron chi connectivity index (χ1n) is 10.6. The van der Waals surface area contributed by atoms with Crippen LogP contribution in [0.5, 0.6) is 0 Å². The third kappa shape index (κ3) is 2.90. The predicted molar refractivity (Wildman–Crippen MR) is 108 cm³/mol. The summed E-state index contributed by atoms with van der Waals surface area (Å²) in [5.41, 5.74) is 4.07. The first kappa shape index (κ1) is 17.8. The van der Waals surface area contributed by atoms with Crippen molar-refractivity contribution in [1.82, 2.24) is 9.47 Å². The zero-order valence-electron chi connectivity index (χ0n) is 16.3. The van der Waals surface area contributed by atoms with Crippen LogP contribution in [0.15, 0.2) is 24.3 Å². The molecule has 4 rings (SSSR count). The minimum atomic E-state index is 0.0447. The average molecular weight is 353 g/mol. The Morgan fingerprint density at radius 1 is 1.12 bits per heavy atom. The largest absolute Gasteiger partial charge is 0.345 e. The zero-order chi connectivity index (χ0) is 18.1. The topological polar surface area (TPSA) is 25.2 Å². The van der Waals surface area contributed by atoms with Gasteiger partial charge in [-0.05, 0) is 62.7 Å². The summed E-state index contributed by atoms with van der Waals surface area (Å²) in [5.74, 6) is 1.11. The molecule has 26 heavy (non-hydrogen) atoms. The first-order chi connectivity index (χ1) is 12.8. The maximum atomic E-state index is 12.3. The molecule has 1 saturated heterocycles. The van der Waals surface area contributed by atoms with Gasteiger partial charge in [0.2, 0.25) is 0 Å². The molecule has 0 N–H and O–H groups in total. The number of likely N-dealkylation sites (tertiary alicyclic amines) is 1. The highest BCUT2D eigenvalue weighted by Crippen LogP contribution is 2.45. The fourth-order valence-corrected chi connectivity index (χ4v) is 5.56. The average Bonchev–Trinajstić information content (AvgIpc) is 3.01. The van der Waals surface area contributed by atoms with Crippen LogP contribution in [0.3, 0.4) is 0 Å². The van der Waals surface area contributed by atoms with Crippen molar-refractivity contribution in [2.45, 2.75) is 58.4 Å². The number of piperidine rings is 1. The number of nitrogens with zero attached hydrogens (tertiary/aromatic N) is 2. The fraction of sp³-hybridized carbons (Fsp3) is 0.609. The molecule has 0 bridgehead atoms. The van der Waals surface area contributed by atoms with Crippen LogP contribution in [0, 0.1) is 11.8 Å². The number of hydrogen-bond acceptors (Lipinski definition) is 2. The second kappa shape index (κ2) is 7.56. The molecule has 1 fully saturated rings. The summed E-state index contributed by atoms with van der Waals surface area (Å²) in [6.45, 7) is 9.02. The van der Waals surface area contributed by atoms with Gasteiger partial charge in [0, 0.05) is 35.6 Å². The number of fused-ring (bicyclic) bond motifs is 3. The van der Waals surface area contributed by atoms with E-state index in [0.29, 0.717) is 11.8 Å². The van der Waals surface area contributed by atoms with Gasteiger partial charge >= 0.3 is 0 Å². The van der Waals surface area contributed by atoms with E-state index in [1.165, 1.54) is 60.8 Å². The molecule has 1 aliphatic heterocycles. The van der Waals surface area contributed by atoms with E-state index in [1.54, 1.807) is 0 Å².